The number of alkyl halides is 3. The fraction of sp³-hybridized carbons (Fsp3) is 0.400. The van der Waals surface area contributed by atoms with Crippen molar-refractivity contribution < 1.29 is 26.4 Å². The van der Waals surface area contributed by atoms with Crippen molar-refractivity contribution in [3.8, 4) is 0 Å². The van der Waals surface area contributed by atoms with Crippen LogP contribution >= 0.6 is 0 Å². The second-order valence-electron chi connectivity index (χ2n) is 7.33. The van der Waals surface area contributed by atoms with E-state index in [4.69, 9.17) is 0 Å². The molecule has 0 N–H and O–H groups in total. The molecule has 1 amide bonds. The number of carbonyl (C=O) groups excluding carboxylic acids is 1. The average molecular weight is 441 g/mol. The number of halogens is 3. The van der Waals surface area contributed by atoms with Crippen LogP contribution in [-0.4, -0.2) is 54.2 Å². The van der Waals surface area contributed by atoms with Crippen molar-refractivity contribution in [1.29, 1.82) is 0 Å². The van der Waals surface area contributed by atoms with Gasteiger partial charge in [-0.3, -0.25) is 9.78 Å². The molecule has 3 rings (SSSR count). The van der Waals surface area contributed by atoms with E-state index in [2.05, 4.69) is 4.98 Å². The van der Waals surface area contributed by atoms with Crippen molar-refractivity contribution >= 4 is 15.9 Å². The molecule has 2 aromatic rings. The van der Waals surface area contributed by atoms with Crippen LogP contribution in [-0.2, 0) is 16.2 Å². The molecule has 6 nitrogen and oxygen atoms in total. The fourth-order valence-corrected chi connectivity index (χ4v) is 5.28. The third-order valence-electron chi connectivity index (χ3n) is 5.21. The van der Waals surface area contributed by atoms with E-state index in [1.54, 1.807) is 37.1 Å². The Hall–Kier alpha value is -2.46. The van der Waals surface area contributed by atoms with Gasteiger partial charge in [0.05, 0.1) is 16.0 Å². The summed E-state index contributed by atoms with van der Waals surface area (Å²) in [6.45, 7) is 5.09. The molecule has 0 saturated carbocycles. The van der Waals surface area contributed by atoms with Gasteiger partial charge in [-0.25, -0.2) is 8.42 Å². The van der Waals surface area contributed by atoms with Crippen LogP contribution in [0.4, 0.5) is 13.2 Å². The lowest BCUT2D eigenvalue weighted by Gasteiger charge is -2.39. The summed E-state index contributed by atoms with van der Waals surface area (Å²) >= 11 is 0. The lowest BCUT2D eigenvalue weighted by molar-refractivity contribution is -0.137. The smallest absolute Gasteiger partial charge is 0.333 e. The summed E-state index contributed by atoms with van der Waals surface area (Å²) in [6, 6.07) is 5.53. The minimum Gasteiger partial charge on any atom is -0.333 e. The van der Waals surface area contributed by atoms with Gasteiger partial charge in [-0.1, -0.05) is 0 Å². The SMILES string of the molecule is Cc1cc(C(F)(F)F)ccc1S(=O)(=O)N1CCN(C(=O)c2cccnc2C)[C@@H](C)C1. The Morgan fingerprint density at radius 3 is 2.43 bits per heavy atom. The van der Waals surface area contributed by atoms with E-state index in [0.29, 0.717) is 11.3 Å². The first-order valence-electron chi connectivity index (χ1n) is 9.33. The van der Waals surface area contributed by atoms with Crippen molar-refractivity contribution in [1.82, 2.24) is 14.2 Å². The highest BCUT2D eigenvalue weighted by Gasteiger charge is 2.37. The molecule has 1 atom stereocenters. The molecule has 0 bridgehead atoms. The van der Waals surface area contributed by atoms with Crippen molar-refractivity contribution in [3.05, 3.63) is 58.9 Å². The molecule has 10 heteroatoms. The third kappa shape index (κ3) is 4.20. The van der Waals surface area contributed by atoms with Gasteiger partial charge in [-0.05, 0) is 56.7 Å². The van der Waals surface area contributed by atoms with Crippen LogP contribution in [0.1, 0.15) is 34.1 Å². The number of aromatic nitrogens is 1. The predicted molar refractivity (Wildman–Crippen MR) is 104 cm³/mol. The minimum absolute atomic E-state index is 0.0296. The molecule has 1 aliphatic heterocycles. The first-order chi connectivity index (χ1) is 13.9. The number of hydrogen-bond acceptors (Lipinski definition) is 4. The maximum absolute atomic E-state index is 13.0. The lowest BCUT2D eigenvalue weighted by Crippen LogP contribution is -2.55. The zero-order valence-corrected chi connectivity index (χ0v) is 17.6. The first kappa shape index (κ1) is 22.2. The van der Waals surface area contributed by atoms with Crippen molar-refractivity contribution in [2.75, 3.05) is 19.6 Å². The molecule has 0 spiro atoms. The number of pyridine rings is 1. The Morgan fingerprint density at radius 2 is 1.87 bits per heavy atom. The normalized spacial score (nSPS) is 18.5. The number of piperazine rings is 1. The van der Waals surface area contributed by atoms with E-state index < -0.39 is 27.8 Å². The average Bonchev–Trinajstić information content (AvgIpc) is 2.66. The maximum Gasteiger partial charge on any atom is 0.416 e. The number of aryl methyl sites for hydroxylation is 2. The molecule has 0 aliphatic carbocycles. The summed E-state index contributed by atoms with van der Waals surface area (Å²) in [7, 11) is -3.99. The molecular formula is C20H22F3N3O3S. The number of nitrogens with zero attached hydrogens (tertiary/aromatic N) is 3. The van der Waals surface area contributed by atoms with E-state index >= 15 is 0 Å². The molecule has 162 valence electrons. The number of carbonyl (C=O) groups is 1. The zero-order chi connectivity index (χ0) is 22.3. The van der Waals surface area contributed by atoms with E-state index in [1.165, 1.54) is 11.2 Å². The summed E-state index contributed by atoms with van der Waals surface area (Å²) < 4.78 is 66.0. The molecule has 0 radical (unpaired) electrons. The Balaban J connectivity index is 1.81. The molecule has 0 unspecified atom stereocenters. The number of amides is 1. The van der Waals surface area contributed by atoms with Crippen molar-refractivity contribution in [3.63, 3.8) is 0 Å². The Morgan fingerprint density at radius 1 is 1.17 bits per heavy atom. The molecule has 2 heterocycles. The minimum atomic E-state index is -4.54. The highest BCUT2D eigenvalue weighted by Crippen LogP contribution is 2.32. The molecule has 1 aliphatic rings. The third-order valence-corrected chi connectivity index (χ3v) is 7.23. The van der Waals surface area contributed by atoms with Crippen LogP contribution in [0.3, 0.4) is 0 Å². The van der Waals surface area contributed by atoms with Gasteiger partial charge in [0.2, 0.25) is 10.0 Å². The summed E-state index contributed by atoms with van der Waals surface area (Å²) in [5, 5.41) is 0. The van der Waals surface area contributed by atoms with E-state index in [0.717, 1.165) is 18.2 Å². The Bertz CT molecular complexity index is 1070. The molecule has 1 fully saturated rings. The monoisotopic (exact) mass is 441 g/mol. The molecule has 1 aromatic carbocycles. The van der Waals surface area contributed by atoms with Gasteiger partial charge >= 0.3 is 6.18 Å². The van der Waals surface area contributed by atoms with Crippen LogP contribution in [0.25, 0.3) is 0 Å². The summed E-state index contributed by atoms with van der Waals surface area (Å²) in [5.74, 6) is -0.226. The standard InChI is InChI=1S/C20H22F3N3O3S/c1-13-11-16(20(21,22)23)6-7-18(13)30(28,29)25-9-10-26(14(2)12-25)19(27)17-5-4-8-24-15(17)3/h4-8,11,14H,9-10,12H2,1-3H3/t14-/m0/s1. The quantitative estimate of drug-likeness (QED) is 0.733. The van der Waals surface area contributed by atoms with Gasteiger partial charge in [-0.2, -0.15) is 17.5 Å². The predicted octanol–water partition coefficient (Wildman–Crippen LogP) is 3.25. The first-order valence-corrected chi connectivity index (χ1v) is 10.8. The largest absolute Gasteiger partial charge is 0.416 e. The maximum atomic E-state index is 13.0. The van der Waals surface area contributed by atoms with E-state index in [9.17, 15) is 26.4 Å². The fourth-order valence-electron chi connectivity index (χ4n) is 3.56. The van der Waals surface area contributed by atoms with Gasteiger partial charge in [0.25, 0.3) is 5.91 Å². The topological polar surface area (TPSA) is 70.6 Å². The van der Waals surface area contributed by atoms with E-state index in [-0.39, 0.29) is 36.0 Å². The number of hydrogen-bond donors (Lipinski definition) is 0. The highest BCUT2D eigenvalue weighted by molar-refractivity contribution is 7.89. The Labute approximate surface area is 173 Å². The second kappa shape index (κ2) is 7.99. The molecular weight excluding hydrogens is 419 g/mol. The van der Waals surface area contributed by atoms with Crippen molar-refractivity contribution in [2.24, 2.45) is 0 Å². The van der Waals surface area contributed by atoms with Gasteiger partial charge in [0.15, 0.2) is 0 Å². The van der Waals surface area contributed by atoms with Gasteiger partial charge < -0.3 is 4.90 Å². The van der Waals surface area contributed by atoms with Gasteiger partial charge in [0.1, 0.15) is 0 Å². The number of rotatable bonds is 3. The van der Waals surface area contributed by atoms with Gasteiger partial charge in [-0.15, -0.1) is 0 Å². The Kier molecular flexibility index (Phi) is 5.92. The van der Waals surface area contributed by atoms with Crippen LogP contribution < -0.4 is 0 Å². The van der Waals surface area contributed by atoms with Crippen LogP contribution in [0.2, 0.25) is 0 Å². The van der Waals surface area contributed by atoms with Gasteiger partial charge in [0, 0.05) is 37.6 Å². The number of benzene rings is 1. The van der Waals surface area contributed by atoms with Crippen LogP contribution in [0.5, 0.6) is 0 Å². The second-order valence-corrected chi connectivity index (χ2v) is 9.23. The van der Waals surface area contributed by atoms with Crippen LogP contribution in [0, 0.1) is 13.8 Å². The zero-order valence-electron chi connectivity index (χ0n) is 16.8. The highest BCUT2D eigenvalue weighted by atomic mass is 32.2. The molecule has 1 saturated heterocycles. The molecule has 1 aromatic heterocycles. The summed E-state index contributed by atoms with van der Waals surface area (Å²) in [4.78, 5) is 18.4. The summed E-state index contributed by atoms with van der Waals surface area (Å²) in [5.41, 5.74) is 0.181. The van der Waals surface area contributed by atoms with Crippen LogP contribution in [0.15, 0.2) is 41.4 Å². The van der Waals surface area contributed by atoms with E-state index in [1.807, 2.05) is 0 Å². The molecule has 30 heavy (non-hydrogen) atoms. The number of sulfonamides is 1. The summed E-state index contributed by atoms with van der Waals surface area (Å²) in [6.07, 6.45) is -2.95. The van der Waals surface area contributed by atoms with Crippen molar-refractivity contribution in [2.45, 2.75) is 37.9 Å². The lowest BCUT2D eigenvalue weighted by atomic mass is 10.1.